The van der Waals surface area contributed by atoms with Crippen LogP contribution in [0, 0.1) is 5.82 Å². The van der Waals surface area contributed by atoms with Crippen LogP contribution in [-0.4, -0.2) is 0 Å². The lowest BCUT2D eigenvalue weighted by atomic mass is 10.0. The fourth-order valence-corrected chi connectivity index (χ4v) is 2.25. The molecule has 15 heavy (non-hydrogen) atoms. The summed E-state index contributed by atoms with van der Waals surface area (Å²) < 4.78 is 13.8. The van der Waals surface area contributed by atoms with E-state index in [1.165, 1.54) is 11.6 Å². The van der Waals surface area contributed by atoms with Gasteiger partial charge < -0.3 is 5.73 Å². The number of nitrogen functional groups attached to an aromatic ring is 1. The molecule has 2 N–H and O–H groups in total. The molecule has 2 heteroatoms. The predicted molar refractivity (Wildman–Crippen MR) is 59.1 cm³/mol. The van der Waals surface area contributed by atoms with Crippen LogP contribution in [0.3, 0.4) is 0 Å². The molecule has 0 aliphatic heterocycles. The van der Waals surface area contributed by atoms with Crippen LogP contribution in [-0.2, 0) is 6.42 Å². The smallest absolute Gasteiger partial charge is 0.133 e. The number of fused-ring (bicyclic) bond motifs is 3. The molecule has 0 saturated heterocycles. The molecule has 0 amide bonds. The average Bonchev–Trinajstić information content (AvgIpc) is 2.54. The van der Waals surface area contributed by atoms with Crippen LogP contribution in [0.1, 0.15) is 11.1 Å². The maximum Gasteiger partial charge on any atom is 0.133 e. The summed E-state index contributed by atoms with van der Waals surface area (Å²) in [5.74, 6) is -0.213. The summed E-state index contributed by atoms with van der Waals surface area (Å²) in [6, 6.07) is 11.2. The Morgan fingerprint density at radius 2 is 1.87 bits per heavy atom. The van der Waals surface area contributed by atoms with Gasteiger partial charge in [0.2, 0.25) is 0 Å². The number of rotatable bonds is 0. The van der Waals surface area contributed by atoms with Gasteiger partial charge in [-0.05, 0) is 35.2 Å². The minimum absolute atomic E-state index is 0.213. The van der Waals surface area contributed by atoms with Gasteiger partial charge in [0.1, 0.15) is 5.82 Å². The highest BCUT2D eigenvalue weighted by atomic mass is 19.1. The second-order valence-corrected chi connectivity index (χ2v) is 3.87. The van der Waals surface area contributed by atoms with Gasteiger partial charge in [0.25, 0.3) is 0 Å². The first-order chi connectivity index (χ1) is 7.25. The van der Waals surface area contributed by atoms with E-state index in [4.69, 9.17) is 5.73 Å². The molecule has 1 aliphatic rings. The fourth-order valence-electron chi connectivity index (χ4n) is 2.25. The minimum Gasteiger partial charge on any atom is -0.399 e. The SMILES string of the molecule is Nc1cc(F)c2c(c1)Cc1ccccc1-2. The van der Waals surface area contributed by atoms with Crippen LogP contribution in [0.15, 0.2) is 36.4 Å². The number of halogens is 1. The zero-order valence-corrected chi connectivity index (χ0v) is 8.13. The van der Waals surface area contributed by atoms with Crippen LogP contribution < -0.4 is 5.73 Å². The Morgan fingerprint density at radius 3 is 2.73 bits per heavy atom. The summed E-state index contributed by atoms with van der Waals surface area (Å²) in [5, 5.41) is 0. The van der Waals surface area contributed by atoms with Crippen LogP contribution in [0.5, 0.6) is 0 Å². The molecule has 0 unspecified atom stereocenters. The van der Waals surface area contributed by atoms with Crippen LogP contribution >= 0.6 is 0 Å². The summed E-state index contributed by atoms with van der Waals surface area (Å²) in [5.41, 5.74) is 10.0. The standard InChI is InChI=1S/C13H10FN/c14-12-7-10(15)6-9-5-8-3-1-2-4-11(8)13(9)12/h1-4,6-7H,5,15H2. The van der Waals surface area contributed by atoms with Crippen molar-refractivity contribution in [2.45, 2.75) is 6.42 Å². The quantitative estimate of drug-likeness (QED) is 0.553. The average molecular weight is 199 g/mol. The number of nitrogens with two attached hydrogens (primary N) is 1. The Balaban J connectivity index is 2.33. The molecular weight excluding hydrogens is 189 g/mol. The van der Waals surface area contributed by atoms with Crippen molar-refractivity contribution in [3.8, 4) is 11.1 Å². The van der Waals surface area contributed by atoms with E-state index in [0.29, 0.717) is 5.69 Å². The normalized spacial score (nSPS) is 12.3. The first kappa shape index (κ1) is 8.48. The van der Waals surface area contributed by atoms with Gasteiger partial charge in [-0.15, -0.1) is 0 Å². The van der Waals surface area contributed by atoms with E-state index in [1.807, 2.05) is 30.3 Å². The topological polar surface area (TPSA) is 26.0 Å². The summed E-state index contributed by atoms with van der Waals surface area (Å²) in [6.07, 6.45) is 0.785. The van der Waals surface area contributed by atoms with Gasteiger partial charge in [-0.3, -0.25) is 0 Å². The molecule has 3 rings (SSSR count). The lowest BCUT2D eigenvalue weighted by Crippen LogP contribution is -1.91. The maximum absolute atomic E-state index is 13.8. The Hall–Kier alpha value is -1.83. The number of anilines is 1. The molecule has 0 aromatic heterocycles. The molecule has 2 aromatic rings. The number of hydrogen-bond acceptors (Lipinski definition) is 1. The fraction of sp³-hybridized carbons (Fsp3) is 0.0769. The molecule has 0 spiro atoms. The maximum atomic E-state index is 13.8. The molecular formula is C13H10FN. The van der Waals surface area contributed by atoms with Gasteiger partial charge in [-0.1, -0.05) is 24.3 Å². The summed E-state index contributed by atoms with van der Waals surface area (Å²) in [7, 11) is 0. The van der Waals surface area contributed by atoms with Crippen molar-refractivity contribution in [3.63, 3.8) is 0 Å². The molecule has 0 radical (unpaired) electrons. The second-order valence-electron chi connectivity index (χ2n) is 3.87. The van der Waals surface area contributed by atoms with Crippen LogP contribution in [0.25, 0.3) is 11.1 Å². The van der Waals surface area contributed by atoms with Gasteiger partial charge in [-0.25, -0.2) is 4.39 Å². The lowest BCUT2D eigenvalue weighted by Gasteiger charge is -2.03. The molecule has 0 heterocycles. The third-order valence-electron chi connectivity index (χ3n) is 2.86. The van der Waals surface area contributed by atoms with Gasteiger partial charge >= 0.3 is 0 Å². The summed E-state index contributed by atoms with van der Waals surface area (Å²) in [4.78, 5) is 0. The van der Waals surface area contributed by atoms with Crippen molar-refractivity contribution >= 4 is 5.69 Å². The highest BCUT2D eigenvalue weighted by molar-refractivity contribution is 5.78. The van der Waals surface area contributed by atoms with E-state index >= 15 is 0 Å². The van der Waals surface area contributed by atoms with Crippen molar-refractivity contribution in [3.05, 3.63) is 53.3 Å². The van der Waals surface area contributed by atoms with E-state index in [9.17, 15) is 4.39 Å². The number of benzene rings is 2. The van der Waals surface area contributed by atoms with Gasteiger partial charge in [0.15, 0.2) is 0 Å². The van der Waals surface area contributed by atoms with Gasteiger partial charge in [0, 0.05) is 11.3 Å². The zero-order chi connectivity index (χ0) is 10.4. The Labute approximate surface area is 87.4 Å². The molecule has 0 fully saturated rings. The molecule has 0 bridgehead atoms. The van der Waals surface area contributed by atoms with Crippen molar-refractivity contribution in [2.75, 3.05) is 5.73 Å². The molecule has 0 saturated carbocycles. The van der Waals surface area contributed by atoms with E-state index < -0.39 is 0 Å². The number of hydrogen-bond donors (Lipinski definition) is 1. The van der Waals surface area contributed by atoms with Crippen molar-refractivity contribution in [2.24, 2.45) is 0 Å². The van der Waals surface area contributed by atoms with Crippen LogP contribution in [0.2, 0.25) is 0 Å². The Kier molecular flexibility index (Phi) is 1.60. The van der Waals surface area contributed by atoms with E-state index in [1.54, 1.807) is 0 Å². The van der Waals surface area contributed by atoms with Crippen molar-refractivity contribution in [1.29, 1.82) is 0 Å². The summed E-state index contributed by atoms with van der Waals surface area (Å²) in [6.45, 7) is 0. The molecule has 0 atom stereocenters. The monoisotopic (exact) mass is 199 g/mol. The summed E-state index contributed by atoms with van der Waals surface area (Å²) >= 11 is 0. The molecule has 1 aliphatic carbocycles. The molecule has 74 valence electrons. The Morgan fingerprint density at radius 1 is 1.07 bits per heavy atom. The third kappa shape index (κ3) is 1.14. The first-order valence-electron chi connectivity index (χ1n) is 4.92. The predicted octanol–water partition coefficient (Wildman–Crippen LogP) is 2.98. The largest absolute Gasteiger partial charge is 0.399 e. The highest BCUT2D eigenvalue weighted by Gasteiger charge is 2.21. The lowest BCUT2D eigenvalue weighted by molar-refractivity contribution is 0.631. The molecule has 2 aromatic carbocycles. The van der Waals surface area contributed by atoms with Crippen LogP contribution in [0.4, 0.5) is 10.1 Å². The van der Waals surface area contributed by atoms with E-state index in [0.717, 1.165) is 23.1 Å². The zero-order valence-electron chi connectivity index (χ0n) is 8.13. The van der Waals surface area contributed by atoms with E-state index in [2.05, 4.69) is 0 Å². The highest BCUT2D eigenvalue weighted by Crippen LogP contribution is 2.39. The third-order valence-corrected chi connectivity index (χ3v) is 2.86. The Bertz CT molecular complexity index is 546. The van der Waals surface area contributed by atoms with Crippen molar-refractivity contribution in [1.82, 2.24) is 0 Å². The molecule has 1 nitrogen and oxygen atoms in total. The van der Waals surface area contributed by atoms with E-state index in [-0.39, 0.29) is 5.82 Å². The first-order valence-corrected chi connectivity index (χ1v) is 4.92. The van der Waals surface area contributed by atoms with Crippen molar-refractivity contribution < 1.29 is 4.39 Å². The second kappa shape index (κ2) is 2.83. The van der Waals surface area contributed by atoms with Gasteiger partial charge in [-0.2, -0.15) is 0 Å². The minimum atomic E-state index is -0.213. The van der Waals surface area contributed by atoms with Gasteiger partial charge in [0.05, 0.1) is 0 Å².